The zero-order chi connectivity index (χ0) is 15.8. The molecule has 1 aromatic carbocycles. The van der Waals surface area contributed by atoms with Crippen molar-refractivity contribution < 1.29 is 4.52 Å². The van der Waals surface area contributed by atoms with E-state index in [1.807, 2.05) is 38.2 Å². The van der Waals surface area contributed by atoms with Gasteiger partial charge in [0.1, 0.15) is 5.76 Å². The van der Waals surface area contributed by atoms with E-state index in [1.165, 1.54) is 10.9 Å². The van der Waals surface area contributed by atoms with Crippen molar-refractivity contribution in [3.8, 4) is 11.1 Å². The zero-order valence-electron chi connectivity index (χ0n) is 13.2. The fourth-order valence-corrected chi connectivity index (χ4v) is 3.04. The Morgan fingerprint density at radius 2 is 2.00 bits per heavy atom. The van der Waals surface area contributed by atoms with Crippen LogP contribution in [0.1, 0.15) is 17.1 Å². The molecule has 4 heteroatoms. The molecule has 0 amide bonds. The quantitative estimate of drug-likeness (QED) is 0.565. The number of benzene rings is 1. The van der Waals surface area contributed by atoms with Gasteiger partial charge in [-0.05, 0) is 49.1 Å². The number of rotatable bonds is 3. The molecule has 0 fully saturated rings. The molecule has 23 heavy (non-hydrogen) atoms. The lowest BCUT2D eigenvalue weighted by Crippen LogP contribution is -1.99. The molecule has 0 aliphatic heterocycles. The average molecular weight is 303 g/mol. The van der Waals surface area contributed by atoms with Crippen molar-refractivity contribution in [2.75, 3.05) is 0 Å². The Hall–Kier alpha value is -2.88. The highest BCUT2D eigenvalue weighted by atomic mass is 16.5. The predicted octanol–water partition coefficient (Wildman–Crippen LogP) is 4.36. The highest BCUT2D eigenvalue weighted by molar-refractivity contribution is 5.86. The third-order valence-corrected chi connectivity index (χ3v) is 4.15. The normalized spacial score (nSPS) is 11.2. The van der Waals surface area contributed by atoms with Crippen LogP contribution in [0.5, 0.6) is 0 Å². The Labute approximate surface area is 134 Å². The number of nitrogens with zero attached hydrogens (tertiary/aromatic N) is 3. The largest absolute Gasteiger partial charge is 0.361 e. The highest BCUT2D eigenvalue weighted by Gasteiger charge is 2.13. The molecule has 0 atom stereocenters. The van der Waals surface area contributed by atoms with Crippen LogP contribution in [-0.4, -0.2) is 14.7 Å². The maximum Gasteiger partial charge on any atom is 0.141 e. The van der Waals surface area contributed by atoms with Crippen molar-refractivity contribution in [1.82, 2.24) is 14.7 Å². The first-order valence-electron chi connectivity index (χ1n) is 7.64. The van der Waals surface area contributed by atoms with E-state index in [0.29, 0.717) is 0 Å². The minimum absolute atomic E-state index is 0.759. The third-order valence-electron chi connectivity index (χ3n) is 4.15. The Balaban J connectivity index is 1.80. The summed E-state index contributed by atoms with van der Waals surface area (Å²) in [4.78, 5) is 4.42. The van der Waals surface area contributed by atoms with Gasteiger partial charge in [-0.1, -0.05) is 23.4 Å². The van der Waals surface area contributed by atoms with Crippen molar-refractivity contribution in [3.05, 3.63) is 72.0 Å². The van der Waals surface area contributed by atoms with Gasteiger partial charge in [-0.3, -0.25) is 4.98 Å². The standard InChI is InChI=1S/C19H17N3O/c1-13-19(14(2)23-21-13)16-7-6-15-8-10-22(18(15)11-16)12-17-5-3-4-9-20-17/h3-11H,12H2,1-2H3. The third kappa shape index (κ3) is 2.42. The summed E-state index contributed by atoms with van der Waals surface area (Å²) in [6.07, 6.45) is 3.94. The number of hydrogen-bond donors (Lipinski definition) is 0. The molecule has 0 aliphatic carbocycles. The molecule has 114 valence electrons. The summed E-state index contributed by atoms with van der Waals surface area (Å²) in [5, 5.41) is 5.28. The smallest absolute Gasteiger partial charge is 0.141 e. The molecule has 3 heterocycles. The van der Waals surface area contributed by atoms with Gasteiger partial charge in [0.25, 0.3) is 0 Å². The fourth-order valence-electron chi connectivity index (χ4n) is 3.04. The van der Waals surface area contributed by atoms with Crippen LogP contribution in [0.15, 0.2) is 59.4 Å². The lowest BCUT2D eigenvalue weighted by molar-refractivity contribution is 0.393. The number of hydrogen-bond acceptors (Lipinski definition) is 3. The molecular weight excluding hydrogens is 286 g/mol. The number of pyridine rings is 1. The molecule has 0 unspecified atom stereocenters. The molecule has 0 radical (unpaired) electrons. The van der Waals surface area contributed by atoms with Crippen molar-refractivity contribution >= 4 is 10.9 Å². The van der Waals surface area contributed by atoms with Crippen LogP contribution >= 0.6 is 0 Å². The van der Waals surface area contributed by atoms with Gasteiger partial charge in [0.05, 0.1) is 17.9 Å². The van der Waals surface area contributed by atoms with Gasteiger partial charge in [0.2, 0.25) is 0 Å². The summed E-state index contributed by atoms with van der Waals surface area (Å²) in [6.45, 7) is 4.69. The summed E-state index contributed by atoms with van der Waals surface area (Å²) in [5.41, 5.74) is 5.37. The second-order valence-electron chi connectivity index (χ2n) is 5.74. The first-order valence-corrected chi connectivity index (χ1v) is 7.64. The fraction of sp³-hybridized carbons (Fsp3) is 0.158. The average Bonchev–Trinajstić information content (AvgIpc) is 3.12. The molecule has 0 spiro atoms. The van der Waals surface area contributed by atoms with E-state index in [9.17, 15) is 0 Å². The lowest BCUT2D eigenvalue weighted by atomic mass is 10.0. The molecular formula is C19H17N3O. The lowest BCUT2D eigenvalue weighted by Gasteiger charge is -2.07. The Kier molecular flexibility index (Phi) is 3.23. The number of aromatic nitrogens is 3. The van der Waals surface area contributed by atoms with Crippen LogP contribution in [0.4, 0.5) is 0 Å². The van der Waals surface area contributed by atoms with Crippen molar-refractivity contribution in [2.24, 2.45) is 0 Å². The maximum atomic E-state index is 5.30. The Morgan fingerprint density at radius 1 is 1.09 bits per heavy atom. The van der Waals surface area contributed by atoms with E-state index in [4.69, 9.17) is 4.52 Å². The summed E-state index contributed by atoms with van der Waals surface area (Å²) in [5.74, 6) is 0.852. The SMILES string of the molecule is Cc1noc(C)c1-c1ccc2ccn(Cc3ccccn3)c2c1. The van der Waals surface area contributed by atoms with Gasteiger partial charge in [-0.2, -0.15) is 0 Å². The minimum Gasteiger partial charge on any atom is -0.361 e. The summed E-state index contributed by atoms with van der Waals surface area (Å²) in [7, 11) is 0. The van der Waals surface area contributed by atoms with E-state index >= 15 is 0 Å². The van der Waals surface area contributed by atoms with Crippen molar-refractivity contribution in [2.45, 2.75) is 20.4 Å². The number of aryl methyl sites for hydroxylation is 2. The molecule has 4 rings (SSSR count). The van der Waals surface area contributed by atoms with Crippen LogP contribution in [0, 0.1) is 13.8 Å². The van der Waals surface area contributed by atoms with E-state index < -0.39 is 0 Å². The highest BCUT2D eigenvalue weighted by Crippen LogP contribution is 2.30. The predicted molar refractivity (Wildman–Crippen MR) is 90.2 cm³/mol. The van der Waals surface area contributed by atoms with E-state index in [0.717, 1.165) is 34.8 Å². The summed E-state index contributed by atoms with van der Waals surface area (Å²) < 4.78 is 7.52. The second kappa shape index (κ2) is 5.39. The van der Waals surface area contributed by atoms with Gasteiger partial charge in [-0.25, -0.2) is 0 Å². The van der Waals surface area contributed by atoms with Crippen molar-refractivity contribution in [3.63, 3.8) is 0 Å². The Bertz CT molecular complexity index is 947. The van der Waals surface area contributed by atoms with Gasteiger partial charge in [-0.15, -0.1) is 0 Å². The van der Waals surface area contributed by atoms with Gasteiger partial charge < -0.3 is 9.09 Å². The van der Waals surface area contributed by atoms with E-state index in [-0.39, 0.29) is 0 Å². The van der Waals surface area contributed by atoms with Crippen LogP contribution in [-0.2, 0) is 6.54 Å². The van der Waals surface area contributed by atoms with Crippen LogP contribution < -0.4 is 0 Å². The van der Waals surface area contributed by atoms with Crippen LogP contribution in [0.25, 0.3) is 22.0 Å². The molecule has 4 nitrogen and oxygen atoms in total. The zero-order valence-corrected chi connectivity index (χ0v) is 13.2. The van der Waals surface area contributed by atoms with Gasteiger partial charge in [0, 0.05) is 23.5 Å². The maximum absolute atomic E-state index is 5.30. The molecule has 4 aromatic rings. The first kappa shape index (κ1) is 13.8. The Morgan fingerprint density at radius 3 is 2.74 bits per heavy atom. The number of fused-ring (bicyclic) bond motifs is 1. The topological polar surface area (TPSA) is 43.9 Å². The van der Waals surface area contributed by atoms with Crippen LogP contribution in [0.3, 0.4) is 0 Å². The minimum atomic E-state index is 0.759. The second-order valence-corrected chi connectivity index (χ2v) is 5.74. The monoisotopic (exact) mass is 303 g/mol. The van der Waals surface area contributed by atoms with E-state index in [1.54, 1.807) is 0 Å². The molecule has 0 saturated carbocycles. The molecule has 0 bridgehead atoms. The van der Waals surface area contributed by atoms with Crippen LogP contribution in [0.2, 0.25) is 0 Å². The van der Waals surface area contributed by atoms with Gasteiger partial charge in [0.15, 0.2) is 0 Å². The molecule has 0 aliphatic rings. The molecule has 0 saturated heterocycles. The van der Waals surface area contributed by atoms with Crippen molar-refractivity contribution in [1.29, 1.82) is 0 Å². The van der Waals surface area contributed by atoms with E-state index in [2.05, 4.69) is 45.2 Å². The van der Waals surface area contributed by atoms with Gasteiger partial charge >= 0.3 is 0 Å². The first-order chi connectivity index (χ1) is 11.2. The molecule has 0 N–H and O–H groups in total. The summed E-state index contributed by atoms with van der Waals surface area (Å²) in [6, 6.07) is 14.6. The molecule has 3 aromatic heterocycles. The summed E-state index contributed by atoms with van der Waals surface area (Å²) >= 11 is 0.